The van der Waals surface area contributed by atoms with Gasteiger partial charge in [0.15, 0.2) is 0 Å². The second kappa shape index (κ2) is 21.4. The zero-order chi connectivity index (χ0) is 38.0. The van der Waals surface area contributed by atoms with Gasteiger partial charge in [-0.05, 0) is 108 Å². The molecule has 4 aromatic carbocycles. The number of nitrogens with two attached hydrogens (primary N) is 3. The first-order valence-corrected chi connectivity index (χ1v) is 17.1. The Kier molecular flexibility index (Phi) is 17.0. The third-order valence-electron chi connectivity index (χ3n) is 6.58. The number of benzene rings is 4. The zero-order valence-electron chi connectivity index (χ0n) is 27.6. The molecule has 0 aliphatic heterocycles. The lowest BCUT2D eigenvalue weighted by atomic mass is 10.1. The summed E-state index contributed by atoms with van der Waals surface area (Å²) in [6.07, 6.45) is 8.28. The number of hydrazine groups is 1. The molecule has 0 fully saturated rings. The first-order chi connectivity index (χ1) is 25.0. The number of fused-ring (bicyclic) bond motifs is 1. The van der Waals surface area contributed by atoms with E-state index in [0.29, 0.717) is 60.2 Å². The number of aliphatic hydroxyl groups excluding tert-OH is 2. The molecule has 0 saturated carbocycles. The van der Waals surface area contributed by atoms with Crippen molar-refractivity contribution in [3.63, 3.8) is 0 Å². The Balaban J connectivity index is 0.000000223. The lowest BCUT2D eigenvalue weighted by Crippen LogP contribution is -2.24. The molecule has 0 amide bonds. The van der Waals surface area contributed by atoms with Gasteiger partial charge in [0.05, 0.1) is 34.3 Å². The highest BCUT2D eigenvalue weighted by atomic mass is 127. The van der Waals surface area contributed by atoms with E-state index in [2.05, 4.69) is 28.3 Å². The number of terminal acetylenes is 1. The highest BCUT2D eigenvalue weighted by Crippen LogP contribution is 2.32. The average Bonchev–Trinajstić information content (AvgIpc) is 3.55. The SMILES string of the molecule is C#Cc1ccc(N)cc1.NNCCO.Nc1ccc(C#Cc2cn(CCO)nc2-c2cc(Cl)ccc2O)cc1.O=c1c(I)coc2ccc(Cl)cc12. The van der Waals surface area contributed by atoms with Crippen molar-refractivity contribution in [2.24, 2.45) is 5.84 Å². The molecule has 0 aliphatic carbocycles. The largest absolute Gasteiger partial charge is 0.507 e. The van der Waals surface area contributed by atoms with Crippen molar-refractivity contribution in [3.8, 4) is 41.2 Å². The predicted octanol–water partition coefficient (Wildman–Crippen LogP) is 5.63. The van der Waals surface area contributed by atoms with Gasteiger partial charge in [-0.15, -0.1) is 6.42 Å². The van der Waals surface area contributed by atoms with Gasteiger partial charge in [-0.25, -0.2) is 0 Å². The van der Waals surface area contributed by atoms with Crippen LogP contribution in [0, 0.1) is 27.8 Å². The summed E-state index contributed by atoms with van der Waals surface area (Å²) in [4.78, 5) is 11.6. The minimum atomic E-state index is -0.0481. The number of phenols is 1. The van der Waals surface area contributed by atoms with Crippen molar-refractivity contribution in [2.45, 2.75) is 6.54 Å². The Hall–Kier alpha value is -5.03. The van der Waals surface area contributed by atoms with E-state index in [1.54, 1.807) is 65.5 Å². The van der Waals surface area contributed by atoms with Crippen LogP contribution >= 0.6 is 45.8 Å². The summed E-state index contributed by atoms with van der Waals surface area (Å²) < 4.78 is 7.36. The fraction of sp³-hybridized carbons (Fsp3) is 0.105. The molecule has 0 aliphatic rings. The highest BCUT2D eigenvalue weighted by molar-refractivity contribution is 14.1. The summed E-state index contributed by atoms with van der Waals surface area (Å²) in [5.74, 6) is 13.4. The van der Waals surface area contributed by atoms with Crippen LogP contribution < -0.4 is 28.2 Å². The Morgan fingerprint density at radius 2 is 1.50 bits per heavy atom. The molecule has 0 spiro atoms. The third kappa shape index (κ3) is 12.9. The van der Waals surface area contributed by atoms with Crippen LogP contribution in [-0.4, -0.2) is 44.9 Å². The normalized spacial score (nSPS) is 9.87. The maximum atomic E-state index is 11.6. The van der Waals surface area contributed by atoms with E-state index >= 15 is 0 Å². The molecule has 2 heterocycles. The van der Waals surface area contributed by atoms with E-state index in [1.807, 2.05) is 46.9 Å². The summed E-state index contributed by atoms with van der Waals surface area (Å²) in [5, 5.41) is 33.2. The summed E-state index contributed by atoms with van der Waals surface area (Å²) in [6.45, 7) is 0.863. The van der Waals surface area contributed by atoms with Gasteiger partial charge < -0.3 is 31.2 Å². The smallest absolute Gasteiger partial charge is 0.206 e. The minimum absolute atomic E-state index is 0.0376. The monoisotopic (exact) mass is 852 g/mol. The first-order valence-electron chi connectivity index (χ1n) is 15.3. The maximum Gasteiger partial charge on any atom is 0.206 e. The van der Waals surface area contributed by atoms with Crippen molar-refractivity contribution in [3.05, 3.63) is 138 Å². The third-order valence-corrected chi connectivity index (χ3v) is 7.80. The van der Waals surface area contributed by atoms with Crippen LogP contribution in [0.5, 0.6) is 5.75 Å². The Bertz CT molecular complexity index is 2220. The number of phenolic OH excluding ortho intramolecular Hbond substituents is 1. The molecule has 10 N–H and O–H groups in total. The first kappa shape index (κ1) is 41.4. The Morgan fingerprint density at radius 3 is 2.08 bits per heavy atom. The van der Waals surface area contributed by atoms with Gasteiger partial charge in [0.2, 0.25) is 5.43 Å². The molecule has 0 saturated heterocycles. The second-order valence-corrected chi connectivity index (χ2v) is 12.4. The maximum absolute atomic E-state index is 11.6. The molecule has 6 rings (SSSR count). The van der Waals surface area contributed by atoms with Crippen LogP contribution in [-0.2, 0) is 6.54 Å². The number of nitrogens with one attached hydrogen (secondary N) is 1. The topological polar surface area (TPSA) is 199 Å². The Morgan fingerprint density at radius 1 is 0.885 bits per heavy atom. The van der Waals surface area contributed by atoms with Crippen molar-refractivity contribution < 1.29 is 19.7 Å². The molecule has 6 aromatic rings. The number of halogens is 3. The van der Waals surface area contributed by atoms with Crippen LogP contribution in [0.3, 0.4) is 0 Å². The molecule has 52 heavy (non-hydrogen) atoms. The van der Waals surface area contributed by atoms with E-state index in [9.17, 15) is 9.90 Å². The van der Waals surface area contributed by atoms with Gasteiger partial charge in [0.1, 0.15) is 23.3 Å². The van der Waals surface area contributed by atoms with E-state index in [1.165, 1.54) is 12.3 Å². The van der Waals surface area contributed by atoms with Crippen LogP contribution in [0.1, 0.15) is 16.7 Å². The zero-order valence-corrected chi connectivity index (χ0v) is 31.2. The summed E-state index contributed by atoms with van der Waals surface area (Å²) in [6, 6.07) is 24.2. The van der Waals surface area contributed by atoms with Gasteiger partial charge in [-0.1, -0.05) is 41.0 Å². The van der Waals surface area contributed by atoms with Crippen molar-refractivity contribution in [1.82, 2.24) is 15.2 Å². The van der Waals surface area contributed by atoms with Gasteiger partial charge >= 0.3 is 0 Å². The molecule has 268 valence electrons. The van der Waals surface area contributed by atoms with Gasteiger partial charge in [-0.2, -0.15) is 5.10 Å². The fourth-order valence-corrected chi connectivity index (χ4v) is 4.82. The lowest BCUT2D eigenvalue weighted by molar-refractivity contribution is 0.269. The molecular weight excluding hydrogens is 818 g/mol. The van der Waals surface area contributed by atoms with Crippen LogP contribution in [0.15, 0.2) is 107 Å². The predicted molar refractivity (Wildman–Crippen MR) is 217 cm³/mol. The number of hydrogen-bond donors (Lipinski definition) is 7. The molecule has 14 heteroatoms. The van der Waals surface area contributed by atoms with Gasteiger partial charge in [-0.3, -0.25) is 20.7 Å². The van der Waals surface area contributed by atoms with Gasteiger partial charge in [0.25, 0.3) is 0 Å². The lowest BCUT2D eigenvalue weighted by Gasteiger charge is -2.03. The molecule has 0 radical (unpaired) electrons. The fourth-order valence-electron chi connectivity index (χ4n) is 4.06. The summed E-state index contributed by atoms with van der Waals surface area (Å²) in [7, 11) is 0. The number of aromatic hydroxyl groups is 1. The quantitative estimate of drug-likeness (QED) is 0.0376. The van der Waals surface area contributed by atoms with E-state index in [-0.39, 0.29) is 24.4 Å². The van der Waals surface area contributed by atoms with Crippen molar-refractivity contribution in [2.75, 3.05) is 31.2 Å². The minimum Gasteiger partial charge on any atom is -0.507 e. The standard InChI is InChI=1S/C19H16ClN3O2.C9H4ClIO2.C8H7N.C2H8N2O/c20-15-5-8-18(25)17(11-15)19-14(12-23(22-19)9-10-24)4-1-13-2-6-16(21)7-3-13;10-5-1-2-8-6(3-5)9(12)7(11)4-13-8;1-2-7-3-5-8(9)6-4-7;3-4-1-2-5/h2-3,5-8,11-12,24-25H,9-10,21H2;1-4H;1,3-6H,9H2;4-5H,1-3H2. The Labute approximate surface area is 324 Å². The van der Waals surface area contributed by atoms with E-state index in [4.69, 9.17) is 61.6 Å². The van der Waals surface area contributed by atoms with Crippen molar-refractivity contribution >= 4 is 68.1 Å². The number of nitrogens with zero attached hydrogens (tertiary/aromatic N) is 2. The molecule has 2 aromatic heterocycles. The van der Waals surface area contributed by atoms with Crippen LogP contribution in [0.2, 0.25) is 10.0 Å². The molecular formula is C38H35Cl2IN6O5. The number of aliphatic hydroxyl groups is 2. The summed E-state index contributed by atoms with van der Waals surface area (Å²) in [5.41, 5.74) is 18.6. The second-order valence-electron chi connectivity index (χ2n) is 10.4. The molecule has 11 nitrogen and oxygen atoms in total. The highest BCUT2D eigenvalue weighted by Gasteiger charge is 2.14. The number of hydrogen-bond acceptors (Lipinski definition) is 10. The van der Waals surface area contributed by atoms with E-state index in [0.717, 1.165) is 16.8 Å². The average molecular weight is 854 g/mol. The molecule has 0 unspecified atom stereocenters. The number of aromatic nitrogens is 2. The summed E-state index contributed by atoms with van der Waals surface area (Å²) >= 11 is 13.7. The number of rotatable bonds is 5. The van der Waals surface area contributed by atoms with Crippen molar-refractivity contribution in [1.29, 1.82) is 0 Å². The van der Waals surface area contributed by atoms with Crippen LogP contribution in [0.25, 0.3) is 22.2 Å². The van der Waals surface area contributed by atoms with Gasteiger partial charge in [0, 0.05) is 50.9 Å². The molecule has 0 bridgehead atoms. The van der Waals surface area contributed by atoms with E-state index < -0.39 is 0 Å². The molecule has 0 atom stereocenters. The number of anilines is 2. The number of nitrogen functional groups attached to an aromatic ring is 2. The van der Waals surface area contributed by atoms with Crippen LogP contribution in [0.4, 0.5) is 11.4 Å².